The van der Waals surface area contributed by atoms with Crippen LogP contribution in [0.1, 0.15) is 24.5 Å². The molecule has 0 aliphatic rings. The number of carbonyl (C=O) groups excluding carboxylic acids is 1. The van der Waals surface area contributed by atoms with Gasteiger partial charge in [-0.3, -0.25) is 9.59 Å². The van der Waals surface area contributed by atoms with Crippen LogP contribution in [-0.4, -0.2) is 22.8 Å². The fourth-order valence-electron chi connectivity index (χ4n) is 1.36. The third-order valence-electron chi connectivity index (χ3n) is 2.12. The smallest absolute Gasteiger partial charge is 0.307 e. The van der Waals surface area contributed by atoms with E-state index >= 15 is 0 Å². The van der Waals surface area contributed by atoms with E-state index in [1.807, 2.05) is 6.07 Å². The summed E-state index contributed by atoms with van der Waals surface area (Å²) in [6, 6.07) is 8.84. The lowest BCUT2D eigenvalue weighted by atomic mass is 10.1. The number of carboxylic acids is 1. The first-order valence-electron chi connectivity index (χ1n) is 5.20. The Morgan fingerprint density at radius 3 is 2.47 bits per heavy atom. The standard InChI is InChI=1S/C12H14O4S/c13-11(14)8-10(16-12(15)6-7-17)9-4-2-1-3-5-9/h1-5,10,17H,6-8H2,(H,13,14). The van der Waals surface area contributed by atoms with Gasteiger partial charge in [0.25, 0.3) is 0 Å². The van der Waals surface area contributed by atoms with Gasteiger partial charge in [-0.05, 0) is 5.56 Å². The molecule has 0 saturated carbocycles. The van der Waals surface area contributed by atoms with Crippen LogP contribution in [-0.2, 0) is 14.3 Å². The number of aliphatic carboxylic acids is 1. The molecule has 0 fully saturated rings. The summed E-state index contributed by atoms with van der Waals surface area (Å²) in [5, 5.41) is 8.78. The van der Waals surface area contributed by atoms with Crippen molar-refractivity contribution in [1.29, 1.82) is 0 Å². The van der Waals surface area contributed by atoms with Crippen molar-refractivity contribution in [3.63, 3.8) is 0 Å². The summed E-state index contributed by atoms with van der Waals surface area (Å²) in [6.45, 7) is 0. The number of hydrogen-bond donors (Lipinski definition) is 2. The first-order chi connectivity index (χ1) is 8.13. The lowest BCUT2D eigenvalue weighted by molar-refractivity contribution is -0.152. The molecule has 0 aliphatic heterocycles. The zero-order chi connectivity index (χ0) is 12.7. The van der Waals surface area contributed by atoms with Crippen LogP contribution < -0.4 is 0 Å². The molecule has 0 radical (unpaired) electrons. The number of carboxylic acid groups (broad SMARTS) is 1. The van der Waals surface area contributed by atoms with E-state index in [4.69, 9.17) is 9.84 Å². The molecule has 1 unspecified atom stereocenters. The van der Waals surface area contributed by atoms with Crippen molar-refractivity contribution in [3.05, 3.63) is 35.9 Å². The molecule has 5 heteroatoms. The number of thiol groups is 1. The van der Waals surface area contributed by atoms with Crippen molar-refractivity contribution in [2.75, 3.05) is 5.75 Å². The zero-order valence-electron chi connectivity index (χ0n) is 9.20. The van der Waals surface area contributed by atoms with E-state index in [1.54, 1.807) is 24.3 Å². The van der Waals surface area contributed by atoms with Gasteiger partial charge in [0.1, 0.15) is 6.10 Å². The lowest BCUT2D eigenvalue weighted by Crippen LogP contribution is -2.15. The highest BCUT2D eigenvalue weighted by Crippen LogP contribution is 2.21. The van der Waals surface area contributed by atoms with Crippen LogP contribution in [0.2, 0.25) is 0 Å². The van der Waals surface area contributed by atoms with Gasteiger partial charge >= 0.3 is 11.9 Å². The van der Waals surface area contributed by atoms with Gasteiger partial charge < -0.3 is 9.84 Å². The average molecular weight is 254 g/mol. The SMILES string of the molecule is O=C(O)CC(OC(=O)CCS)c1ccccc1. The van der Waals surface area contributed by atoms with E-state index in [0.29, 0.717) is 11.3 Å². The molecule has 1 N–H and O–H groups in total. The number of carbonyl (C=O) groups is 2. The van der Waals surface area contributed by atoms with Crippen LogP contribution in [0.3, 0.4) is 0 Å². The molecular weight excluding hydrogens is 240 g/mol. The molecule has 17 heavy (non-hydrogen) atoms. The van der Waals surface area contributed by atoms with Gasteiger partial charge in [-0.1, -0.05) is 30.3 Å². The molecule has 0 aliphatic carbocycles. The second-order valence-electron chi connectivity index (χ2n) is 3.46. The molecule has 0 aromatic heterocycles. The van der Waals surface area contributed by atoms with Gasteiger partial charge in [0.05, 0.1) is 12.8 Å². The van der Waals surface area contributed by atoms with Gasteiger partial charge in [-0.15, -0.1) is 0 Å². The Morgan fingerprint density at radius 1 is 1.29 bits per heavy atom. The largest absolute Gasteiger partial charge is 0.481 e. The highest BCUT2D eigenvalue weighted by molar-refractivity contribution is 7.80. The molecule has 0 heterocycles. The van der Waals surface area contributed by atoms with Crippen molar-refractivity contribution >= 4 is 24.6 Å². The Bertz CT molecular complexity index is 377. The quantitative estimate of drug-likeness (QED) is 0.602. The third kappa shape index (κ3) is 4.91. The Hall–Kier alpha value is -1.49. The maximum absolute atomic E-state index is 11.3. The summed E-state index contributed by atoms with van der Waals surface area (Å²) in [5.74, 6) is -1.06. The van der Waals surface area contributed by atoms with Gasteiger partial charge in [0.15, 0.2) is 0 Å². The molecule has 4 nitrogen and oxygen atoms in total. The molecule has 0 spiro atoms. The molecule has 92 valence electrons. The van der Waals surface area contributed by atoms with Crippen LogP contribution in [0.4, 0.5) is 0 Å². The highest BCUT2D eigenvalue weighted by Gasteiger charge is 2.19. The molecule has 1 aromatic carbocycles. The number of esters is 1. The van der Waals surface area contributed by atoms with Gasteiger partial charge in [0.2, 0.25) is 0 Å². The Balaban J connectivity index is 2.74. The van der Waals surface area contributed by atoms with E-state index in [-0.39, 0.29) is 12.8 Å². The number of rotatable bonds is 6. The van der Waals surface area contributed by atoms with Crippen molar-refractivity contribution in [3.8, 4) is 0 Å². The molecule has 0 amide bonds. The van der Waals surface area contributed by atoms with E-state index in [2.05, 4.69) is 12.6 Å². The predicted molar refractivity (Wildman–Crippen MR) is 66.0 cm³/mol. The molecular formula is C12H14O4S. The van der Waals surface area contributed by atoms with Crippen molar-refractivity contribution in [1.82, 2.24) is 0 Å². The molecule has 1 rings (SSSR count). The normalized spacial score (nSPS) is 11.8. The first-order valence-corrected chi connectivity index (χ1v) is 5.84. The number of benzene rings is 1. The van der Waals surface area contributed by atoms with E-state index in [1.165, 1.54) is 0 Å². The third-order valence-corrected chi connectivity index (χ3v) is 2.34. The molecule has 1 aromatic rings. The van der Waals surface area contributed by atoms with Crippen molar-refractivity contribution in [2.45, 2.75) is 18.9 Å². The summed E-state index contributed by atoms with van der Waals surface area (Å²) in [5.41, 5.74) is 0.683. The van der Waals surface area contributed by atoms with Gasteiger partial charge in [-0.25, -0.2) is 0 Å². The van der Waals surface area contributed by atoms with Crippen LogP contribution >= 0.6 is 12.6 Å². The molecule has 0 saturated heterocycles. The topological polar surface area (TPSA) is 63.6 Å². The second-order valence-corrected chi connectivity index (χ2v) is 3.91. The van der Waals surface area contributed by atoms with Crippen LogP contribution in [0.15, 0.2) is 30.3 Å². The summed E-state index contributed by atoms with van der Waals surface area (Å²) < 4.78 is 5.12. The Kier molecular flexibility index (Phi) is 5.56. The van der Waals surface area contributed by atoms with Crippen LogP contribution in [0, 0.1) is 0 Å². The number of hydrogen-bond acceptors (Lipinski definition) is 4. The molecule has 0 bridgehead atoms. The van der Waals surface area contributed by atoms with Crippen molar-refractivity contribution < 1.29 is 19.4 Å². The summed E-state index contributed by atoms with van der Waals surface area (Å²) >= 11 is 3.92. The highest BCUT2D eigenvalue weighted by atomic mass is 32.1. The molecule has 1 atom stereocenters. The zero-order valence-corrected chi connectivity index (χ0v) is 10.1. The van der Waals surface area contributed by atoms with E-state index < -0.39 is 18.0 Å². The second kappa shape index (κ2) is 6.96. The minimum Gasteiger partial charge on any atom is -0.481 e. The van der Waals surface area contributed by atoms with Crippen LogP contribution in [0.25, 0.3) is 0 Å². The Labute approximate surface area is 105 Å². The monoisotopic (exact) mass is 254 g/mol. The number of ether oxygens (including phenoxy) is 1. The van der Waals surface area contributed by atoms with Crippen LogP contribution in [0.5, 0.6) is 0 Å². The first kappa shape index (κ1) is 13.6. The summed E-state index contributed by atoms with van der Waals surface area (Å²) in [6.07, 6.45) is -0.796. The Morgan fingerprint density at radius 2 is 1.94 bits per heavy atom. The van der Waals surface area contributed by atoms with Gasteiger partial charge in [-0.2, -0.15) is 12.6 Å². The fourth-order valence-corrected chi connectivity index (χ4v) is 1.55. The lowest BCUT2D eigenvalue weighted by Gasteiger charge is -2.16. The minimum absolute atomic E-state index is 0.173. The van der Waals surface area contributed by atoms with E-state index in [0.717, 1.165) is 0 Å². The maximum Gasteiger partial charge on any atom is 0.307 e. The van der Waals surface area contributed by atoms with Gasteiger partial charge in [0, 0.05) is 5.75 Å². The minimum atomic E-state index is -1.00. The predicted octanol–water partition coefficient (Wildman–Crippen LogP) is 2.07. The maximum atomic E-state index is 11.3. The average Bonchev–Trinajstić information content (AvgIpc) is 2.29. The van der Waals surface area contributed by atoms with Crippen molar-refractivity contribution in [2.24, 2.45) is 0 Å². The summed E-state index contributed by atoms with van der Waals surface area (Å²) in [7, 11) is 0. The summed E-state index contributed by atoms with van der Waals surface area (Å²) in [4.78, 5) is 22.1. The van der Waals surface area contributed by atoms with E-state index in [9.17, 15) is 9.59 Å². The fraction of sp³-hybridized carbons (Fsp3) is 0.333.